The van der Waals surface area contributed by atoms with Gasteiger partial charge in [0.25, 0.3) is 5.91 Å². The normalized spacial score (nSPS) is 11.9. The van der Waals surface area contributed by atoms with Crippen LogP contribution in [0.3, 0.4) is 0 Å². The van der Waals surface area contributed by atoms with Gasteiger partial charge in [0.1, 0.15) is 0 Å². The molecular formula is C12H17N3O2. The number of nitrogens with one attached hydrogen (secondary N) is 1. The zero-order valence-electron chi connectivity index (χ0n) is 9.99. The topological polar surface area (TPSA) is 98.2 Å². The van der Waals surface area contributed by atoms with Crippen molar-refractivity contribution >= 4 is 17.5 Å². The molecule has 17 heavy (non-hydrogen) atoms. The molecule has 1 aromatic rings. The van der Waals surface area contributed by atoms with Gasteiger partial charge >= 0.3 is 0 Å². The third-order valence-electron chi connectivity index (χ3n) is 2.42. The summed E-state index contributed by atoms with van der Waals surface area (Å²) in [4.78, 5) is 22.5. The van der Waals surface area contributed by atoms with Gasteiger partial charge in [-0.1, -0.05) is 0 Å². The molecule has 0 aliphatic heterocycles. The quantitative estimate of drug-likeness (QED) is 0.665. The highest BCUT2D eigenvalue weighted by atomic mass is 16.2. The van der Waals surface area contributed by atoms with Crippen LogP contribution in [0.25, 0.3) is 0 Å². The van der Waals surface area contributed by atoms with E-state index in [2.05, 4.69) is 5.32 Å². The van der Waals surface area contributed by atoms with E-state index in [1.54, 1.807) is 25.1 Å². The Kier molecular flexibility index (Phi) is 4.09. The number of aryl methyl sites for hydroxylation is 1. The van der Waals surface area contributed by atoms with Gasteiger partial charge in [0, 0.05) is 23.7 Å². The molecule has 0 saturated heterocycles. The molecule has 5 heteroatoms. The molecule has 0 aliphatic carbocycles. The third kappa shape index (κ3) is 3.79. The van der Waals surface area contributed by atoms with Crippen molar-refractivity contribution in [3.05, 3.63) is 29.3 Å². The summed E-state index contributed by atoms with van der Waals surface area (Å²) in [6.45, 7) is 3.56. The van der Waals surface area contributed by atoms with E-state index in [1.165, 1.54) is 0 Å². The maximum absolute atomic E-state index is 11.8. The Morgan fingerprint density at radius 1 is 1.41 bits per heavy atom. The lowest BCUT2D eigenvalue weighted by atomic mass is 10.1. The Morgan fingerprint density at radius 2 is 2.06 bits per heavy atom. The molecule has 1 aromatic carbocycles. The average Bonchev–Trinajstić information content (AvgIpc) is 2.20. The van der Waals surface area contributed by atoms with E-state index in [4.69, 9.17) is 11.5 Å². The number of amides is 2. The lowest BCUT2D eigenvalue weighted by Gasteiger charge is -2.12. The Hall–Kier alpha value is -2.04. The second kappa shape index (κ2) is 5.34. The first-order valence-corrected chi connectivity index (χ1v) is 5.35. The van der Waals surface area contributed by atoms with Crippen LogP contribution in [0, 0.1) is 6.92 Å². The summed E-state index contributed by atoms with van der Waals surface area (Å²) < 4.78 is 0. The van der Waals surface area contributed by atoms with Gasteiger partial charge < -0.3 is 16.8 Å². The smallest absolute Gasteiger partial charge is 0.251 e. The van der Waals surface area contributed by atoms with Gasteiger partial charge in [-0.2, -0.15) is 0 Å². The maximum Gasteiger partial charge on any atom is 0.251 e. The van der Waals surface area contributed by atoms with Gasteiger partial charge in [0.2, 0.25) is 5.91 Å². The Bertz CT molecular complexity index is 443. The zero-order chi connectivity index (χ0) is 13.0. The first-order valence-electron chi connectivity index (χ1n) is 5.35. The molecule has 0 spiro atoms. The van der Waals surface area contributed by atoms with E-state index in [1.807, 2.05) is 6.92 Å². The number of anilines is 1. The minimum Gasteiger partial charge on any atom is -0.399 e. The molecule has 0 bridgehead atoms. The van der Waals surface area contributed by atoms with E-state index in [0.29, 0.717) is 11.3 Å². The van der Waals surface area contributed by atoms with Crippen molar-refractivity contribution in [2.24, 2.45) is 5.73 Å². The molecule has 1 atom stereocenters. The van der Waals surface area contributed by atoms with Gasteiger partial charge in [0.05, 0.1) is 0 Å². The summed E-state index contributed by atoms with van der Waals surface area (Å²) >= 11 is 0. The van der Waals surface area contributed by atoms with Crippen LogP contribution in [0.15, 0.2) is 18.2 Å². The number of primary amides is 1. The first kappa shape index (κ1) is 13.0. The van der Waals surface area contributed by atoms with Crippen molar-refractivity contribution in [3.63, 3.8) is 0 Å². The zero-order valence-corrected chi connectivity index (χ0v) is 9.99. The second-order valence-electron chi connectivity index (χ2n) is 4.12. The summed E-state index contributed by atoms with van der Waals surface area (Å²) in [5.41, 5.74) is 12.7. The number of carbonyl (C=O) groups excluding carboxylic acids is 2. The third-order valence-corrected chi connectivity index (χ3v) is 2.42. The van der Waals surface area contributed by atoms with Crippen LogP contribution in [0.1, 0.15) is 29.3 Å². The highest BCUT2D eigenvalue weighted by molar-refractivity contribution is 5.95. The highest BCUT2D eigenvalue weighted by Gasteiger charge is 2.12. The summed E-state index contributed by atoms with van der Waals surface area (Å²) in [7, 11) is 0. The summed E-state index contributed by atoms with van der Waals surface area (Å²) in [5.74, 6) is -0.673. The molecule has 0 radical (unpaired) electrons. The lowest BCUT2D eigenvalue weighted by Crippen LogP contribution is -2.35. The van der Waals surface area contributed by atoms with Crippen molar-refractivity contribution in [2.45, 2.75) is 26.3 Å². The molecule has 0 saturated carbocycles. The van der Waals surface area contributed by atoms with Crippen LogP contribution in [0.2, 0.25) is 0 Å². The van der Waals surface area contributed by atoms with Crippen LogP contribution >= 0.6 is 0 Å². The number of nitrogens with two attached hydrogens (primary N) is 2. The van der Waals surface area contributed by atoms with Gasteiger partial charge in [-0.15, -0.1) is 0 Å². The fourth-order valence-corrected chi connectivity index (χ4v) is 1.48. The number of carbonyl (C=O) groups is 2. The minimum atomic E-state index is -0.439. The molecule has 0 heterocycles. The molecule has 0 aliphatic rings. The first-order chi connectivity index (χ1) is 7.90. The number of rotatable bonds is 4. The van der Waals surface area contributed by atoms with Gasteiger partial charge in [0.15, 0.2) is 0 Å². The van der Waals surface area contributed by atoms with E-state index >= 15 is 0 Å². The van der Waals surface area contributed by atoms with Crippen LogP contribution in [0.4, 0.5) is 5.69 Å². The summed E-state index contributed by atoms with van der Waals surface area (Å²) in [6.07, 6.45) is 0.125. The SMILES string of the molecule is Cc1cc(C(=O)NC(C)CC(N)=O)ccc1N. The molecular weight excluding hydrogens is 218 g/mol. The fourth-order valence-electron chi connectivity index (χ4n) is 1.48. The fraction of sp³-hybridized carbons (Fsp3) is 0.333. The molecule has 2 amide bonds. The molecule has 1 unspecified atom stereocenters. The van der Waals surface area contributed by atoms with Crippen molar-refractivity contribution in [1.29, 1.82) is 0 Å². The van der Waals surface area contributed by atoms with E-state index in [9.17, 15) is 9.59 Å². The second-order valence-corrected chi connectivity index (χ2v) is 4.12. The molecule has 1 rings (SSSR count). The standard InChI is InChI=1S/C12H17N3O2/c1-7-5-9(3-4-10(7)13)12(17)15-8(2)6-11(14)16/h3-5,8H,6,13H2,1-2H3,(H2,14,16)(H,15,17). The van der Waals surface area contributed by atoms with Crippen molar-refractivity contribution < 1.29 is 9.59 Å². The number of hydrogen-bond donors (Lipinski definition) is 3. The van der Waals surface area contributed by atoms with Gasteiger partial charge in [-0.3, -0.25) is 9.59 Å². The molecule has 0 aromatic heterocycles. The number of benzene rings is 1. The predicted molar refractivity (Wildman–Crippen MR) is 66.3 cm³/mol. The monoisotopic (exact) mass is 235 g/mol. The molecule has 92 valence electrons. The van der Waals surface area contributed by atoms with Crippen LogP contribution in [-0.2, 0) is 4.79 Å². The molecule has 5 nitrogen and oxygen atoms in total. The largest absolute Gasteiger partial charge is 0.399 e. The van der Waals surface area contributed by atoms with E-state index < -0.39 is 5.91 Å². The lowest BCUT2D eigenvalue weighted by molar-refractivity contribution is -0.118. The maximum atomic E-state index is 11.8. The van der Waals surface area contributed by atoms with Crippen molar-refractivity contribution in [2.75, 3.05) is 5.73 Å². The van der Waals surface area contributed by atoms with Crippen LogP contribution in [0.5, 0.6) is 0 Å². The van der Waals surface area contributed by atoms with Crippen molar-refractivity contribution in [3.8, 4) is 0 Å². The average molecular weight is 235 g/mol. The minimum absolute atomic E-state index is 0.125. The van der Waals surface area contributed by atoms with E-state index in [0.717, 1.165) is 5.56 Å². The molecule has 5 N–H and O–H groups in total. The van der Waals surface area contributed by atoms with E-state index in [-0.39, 0.29) is 18.4 Å². The Morgan fingerprint density at radius 3 is 2.59 bits per heavy atom. The van der Waals surface area contributed by atoms with Gasteiger partial charge in [-0.05, 0) is 37.6 Å². The summed E-state index contributed by atoms with van der Waals surface area (Å²) in [6, 6.07) is 4.76. The van der Waals surface area contributed by atoms with Crippen LogP contribution in [-0.4, -0.2) is 17.9 Å². The Balaban J connectivity index is 2.70. The van der Waals surface area contributed by atoms with Crippen LogP contribution < -0.4 is 16.8 Å². The Labute approximate surface area is 100 Å². The highest BCUT2D eigenvalue weighted by Crippen LogP contribution is 2.12. The van der Waals surface area contributed by atoms with Crippen molar-refractivity contribution in [1.82, 2.24) is 5.32 Å². The number of nitrogen functional groups attached to an aromatic ring is 1. The summed E-state index contributed by atoms with van der Waals surface area (Å²) in [5, 5.41) is 2.69. The number of hydrogen-bond acceptors (Lipinski definition) is 3. The van der Waals surface area contributed by atoms with Gasteiger partial charge in [-0.25, -0.2) is 0 Å². The predicted octanol–water partition coefficient (Wildman–Crippen LogP) is 0.571. The molecule has 0 fully saturated rings.